The molecule has 0 bridgehead atoms. The van der Waals surface area contributed by atoms with E-state index in [2.05, 4.69) is 46.1 Å². The van der Waals surface area contributed by atoms with Gasteiger partial charge in [0.25, 0.3) is 0 Å². The monoisotopic (exact) mass is 290 g/mol. The lowest BCUT2D eigenvalue weighted by molar-refractivity contribution is 0.315. The average Bonchev–Trinajstić information content (AvgIpc) is 2.95. The predicted molar refractivity (Wildman–Crippen MR) is 86.8 cm³/mol. The van der Waals surface area contributed by atoms with E-state index in [1.54, 1.807) is 0 Å². The van der Waals surface area contributed by atoms with Gasteiger partial charge in [0.15, 0.2) is 0 Å². The highest BCUT2D eigenvalue weighted by molar-refractivity contribution is 5.63. The summed E-state index contributed by atoms with van der Waals surface area (Å²) in [6.07, 6.45) is 4.48. The molecule has 0 aromatic carbocycles. The molecule has 2 aliphatic rings. The highest BCUT2D eigenvalue weighted by atomic mass is 15.3. The molecule has 1 saturated heterocycles. The van der Waals surface area contributed by atoms with Crippen LogP contribution in [0.25, 0.3) is 0 Å². The fourth-order valence-electron chi connectivity index (χ4n) is 3.35. The Morgan fingerprint density at radius 3 is 2.81 bits per heavy atom. The quantitative estimate of drug-likeness (QED) is 0.875. The first kappa shape index (κ1) is 14.4. The standard InChI is InChI=1S/C15H26N6/c1-4-10-5-6-12-13(17-10)18-15(16)19-14(12)21-8-7-11(9-21)20(2)3/h10-11H,4-9H2,1-3H3,(H3,16,17,18,19)/t10?,11-/m1/s1. The molecule has 1 aromatic heterocycles. The third kappa shape index (κ3) is 2.77. The van der Waals surface area contributed by atoms with Gasteiger partial charge in [0, 0.05) is 30.7 Å². The second-order valence-electron chi connectivity index (χ2n) is 6.37. The minimum Gasteiger partial charge on any atom is -0.368 e. The summed E-state index contributed by atoms with van der Waals surface area (Å²) < 4.78 is 0. The van der Waals surface area contributed by atoms with E-state index in [0.29, 0.717) is 18.0 Å². The van der Waals surface area contributed by atoms with Gasteiger partial charge in [-0.3, -0.25) is 0 Å². The Morgan fingerprint density at radius 1 is 1.33 bits per heavy atom. The molecule has 6 heteroatoms. The van der Waals surface area contributed by atoms with Gasteiger partial charge in [0.05, 0.1) is 0 Å². The summed E-state index contributed by atoms with van der Waals surface area (Å²) in [5.41, 5.74) is 7.18. The molecule has 0 aliphatic carbocycles. The summed E-state index contributed by atoms with van der Waals surface area (Å²) in [6.45, 7) is 4.27. The molecular weight excluding hydrogens is 264 g/mol. The van der Waals surface area contributed by atoms with Gasteiger partial charge in [-0.2, -0.15) is 9.97 Å². The zero-order valence-electron chi connectivity index (χ0n) is 13.3. The fourth-order valence-corrected chi connectivity index (χ4v) is 3.35. The molecule has 1 aromatic rings. The lowest BCUT2D eigenvalue weighted by Gasteiger charge is -2.29. The molecule has 0 amide bonds. The Balaban J connectivity index is 1.88. The molecule has 3 N–H and O–H groups in total. The number of rotatable bonds is 3. The molecule has 1 fully saturated rings. The number of aromatic nitrogens is 2. The van der Waals surface area contributed by atoms with Crippen molar-refractivity contribution in [3.8, 4) is 0 Å². The van der Waals surface area contributed by atoms with Crippen LogP contribution in [0.15, 0.2) is 0 Å². The fraction of sp³-hybridized carbons (Fsp3) is 0.733. The second kappa shape index (κ2) is 5.67. The minimum absolute atomic E-state index is 0.376. The zero-order valence-corrected chi connectivity index (χ0v) is 13.3. The van der Waals surface area contributed by atoms with Crippen LogP contribution in [0, 0.1) is 0 Å². The highest BCUT2D eigenvalue weighted by Gasteiger charge is 2.30. The first-order valence-electron chi connectivity index (χ1n) is 7.92. The van der Waals surface area contributed by atoms with Crippen LogP contribution < -0.4 is 16.0 Å². The van der Waals surface area contributed by atoms with Gasteiger partial charge in [-0.15, -0.1) is 0 Å². The molecule has 1 unspecified atom stereocenters. The lowest BCUT2D eigenvalue weighted by atomic mass is 9.99. The van der Waals surface area contributed by atoms with Gasteiger partial charge in [-0.25, -0.2) is 0 Å². The highest BCUT2D eigenvalue weighted by Crippen LogP contribution is 2.33. The molecule has 0 radical (unpaired) electrons. The molecule has 21 heavy (non-hydrogen) atoms. The number of nitrogens with zero attached hydrogens (tertiary/aromatic N) is 4. The van der Waals surface area contributed by atoms with Crippen molar-refractivity contribution < 1.29 is 0 Å². The minimum atomic E-state index is 0.376. The van der Waals surface area contributed by atoms with Crippen molar-refractivity contribution in [3.05, 3.63) is 5.56 Å². The Kier molecular flexibility index (Phi) is 3.89. The van der Waals surface area contributed by atoms with E-state index >= 15 is 0 Å². The first-order valence-corrected chi connectivity index (χ1v) is 7.92. The summed E-state index contributed by atoms with van der Waals surface area (Å²) in [5, 5.41) is 3.52. The van der Waals surface area contributed by atoms with Gasteiger partial charge in [-0.1, -0.05) is 6.92 Å². The average molecular weight is 290 g/mol. The van der Waals surface area contributed by atoms with Crippen molar-refractivity contribution in [2.45, 2.75) is 44.7 Å². The number of hydrogen-bond acceptors (Lipinski definition) is 6. The van der Waals surface area contributed by atoms with E-state index in [9.17, 15) is 0 Å². The van der Waals surface area contributed by atoms with Gasteiger partial charge < -0.3 is 20.9 Å². The topological polar surface area (TPSA) is 70.3 Å². The van der Waals surface area contributed by atoms with Crippen LogP contribution in [0.5, 0.6) is 0 Å². The van der Waals surface area contributed by atoms with Gasteiger partial charge >= 0.3 is 0 Å². The van der Waals surface area contributed by atoms with E-state index in [4.69, 9.17) is 5.73 Å². The third-order valence-corrected chi connectivity index (χ3v) is 4.77. The maximum atomic E-state index is 5.93. The molecule has 3 heterocycles. The summed E-state index contributed by atoms with van der Waals surface area (Å²) in [5.74, 6) is 2.37. The van der Waals surface area contributed by atoms with Crippen molar-refractivity contribution in [3.63, 3.8) is 0 Å². The van der Waals surface area contributed by atoms with Crippen LogP contribution >= 0.6 is 0 Å². The molecule has 6 nitrogen and oxygen atoms in total. The summed E-state index contributed by atoms with van der Waals surface area (Å²) >= 11 is 0. The Hall–Kier alpha value is -1.56. The van der Waals surface area contributed by atoms with Crippen molar-refractivity contribution in [2.75, 3.05) is 43.1 Å². The van der Waals surface area contributed by atoms with E-state index in [1.165, 1.54) is 12.0 Å². The van der Waals surface area contributed by atoms with E-state index < -0.39 is 0 Å². The van der Waals surface area contributed by atoms with Crippen LogP contribution in [0.4, 0.5) is 17.6 Å². The van der Waals surface area contributed by atoms with Crippen LogP contribution in [-0.4, -0.2) is 54.1 Å². The van der Waals surface area contributed by atoms with Crippen LogP contribution in [0.3, 0.4) is 0 Å². The second-order valence-corrected chi connectivity index (χ2v) is 6.37. The van der Waals surface area contributed by atoms with Crippen molar-refractivity contribution in [1.82, 2.24) is 14.9 Å². The molecule has 2 atom stereocenters. The van der Waals surface area contributed by atoms with Crippen molar-refractivity contribution in [1.29, 1.82) is 0 Å². The Bertz CT molecular complexity index is 515. The molecule has 3 rings (SSSR count). The Labute approximate surface area is 126 Å². The van der Waals surface area contributed by atoms with Crippen molar-refractivity contribution >= 4 is 17.6 Å². The first-order chi connectivity index (χ1) is 10.1. The Morgan fingerprint density at radius 2 is 2.14 bits per heavy atom. The van der Waals surface area contributed by atoms with E-state index in [-0.39, 0.29) is 0 Å². The maximum Gasteiger partial charge on any atom is 0.223 e. The normalized spacial score (nSPS) is 25.0. The number of likely N-dealkylation sites (N-methyl/N-ethyl adjacent to an activating group) is 1. The zero-order chi connectivity index (χ0) is 15.0. The molecule has 116 valence electrons. The molecule has 0 spiro atoms. The number of nitrogens with one attached hydrogen (secondary N) is 1. The summed E-state index contributed by atoms with van der Waals surface area (Å²) in [4.78, 5) is 13.6. The molecule has 2 aliphatic heterocycles. The van der Waals surface area contributed by atoms with Crippen molar-refractivity contribution in [2.24, 2.45) is 0 Å². The van der Waals surface area contributed by atoms with Gasteiger partial charge in [-0.05, 0) is 39.8 Å². The van der Waals surface area contributed by atoms with Gasteiger partial charge in [0.2, 0.25) is 5.95 Å². The number of anilines is 3. The summed E-state index contributed by atoms with van der Waals surface area (Å²) in [7, 11) is 4.29. The SMILES string of the molecule is CCC1CCc2c(nc(N)nc2N2CC[C@@H](N(C)C)C2)N1. The predicted octanol–water partition coefficient (Wildman–Crippen LogP) is 1.34. The van der Waals surface area contributed by atoms with Crippen LogP contribution in [0.2, 0.25) is 0 Å². The maximum absolute atomic E-state index is 5.93. The molecular formula is C15H26N6. The number of hydrogen-bond donors (Lipinski definition) is 2. The number of nitrogen functional groups attached to an aromatic ring is 1. The van der Waals surface area contributed by atoms with E-state index in [1.807, 2.05) is 0 Å². The molecule has 0 saturated carbocycles. The van der Waals surface area contributed by atoms with E-state index in [0.717, 1.165) is 44.0 Å². The van der Waals surface area contributed by atoms with Gasteiger partial charge in [0.1, 0.15) is 11.6 Å². The lowest BCUT2D eigenvalue weighted by Crippen LogP contribution is -2.33. The number of fused-ring (bicyclic) bond motifs is 1. The van der Waals surface area contributed by atoms with Crippen LogP contribution in [0.1, 0.15) is 31.7 Å². The smallest absolute Gasteiger partial charge is 0.223 e. The number of nitrogens with two attached hydrogens (primary N) is 1. The largest absolute Gasteiger partial charge is 0.368 e. The van der Waals surface area contributed by atoms with Crippen LogP contribution in [-0.2, 0) is 6.42 Å². The third-order valence-electron chi connectivity index (χ3n) is 4.77. The summed E-state index contributed by atoms with van der Waals surface area (Å²) in [6, 6.07) is 1.10.